The van der Waals surface area contributed by atoms with Crippen molar-refractivity contribution in [2.24, 2.45) is 5.10 Å². The molecule has 7 nitrogen and oxygen atoms in total. The summed E-state index contributed by atoms with van der Waals surface area (Å²) in [6, 6.07) is 2.54. The van der Waals surface area contributed by atoms with Crippen LogP contribution in [-0.2, 0) is 4.74 Å². The van der Waals surface area contributed by atoms with Crippen LogP contribution in [-0.4, -0.2) is 27.9 Å². The highest BCUT2D eigenvalue weighted by Crippen LogP contribution is 2.19. The van der Waals surface area contributed by atoms with Gasteiger partial charge >= 0.3 is 0 Å². The first-order chi connectivity index (χ1) is 8.59. The second-order valence-corrected chi connectivity index (χ2v) is 4.01. The minimum Gasteiger partial charge on any atom is -0.489 e. The van der Waals surface area contributed by atoms with Gasteiger partial charge in [0, 0.05) is 12.5 Å². The highest BCUT2D eigenvalue weighted by molar-refractivity contribution is 5.92. The number of carbonyl (C=O) groups excluding carboxylic acids is 1. The number of hydrogen-bond donors (Lipinski definition) is 2. The van der Waals surface area contributed by atoms with Crippen molar-refractivity contribution in [3.8, 4) is 0 Å². The minimum absolute atomic E-state index is 0.0855. The summed E-state index contributed by atoms with van der Waals surface area (Å²) in [6.07, 6.45) is 5.68. The van der Waals surface area contributed by atoms with Crippen molar-refractivity contribution in [2.75, 3.05) is 0 Å². The Kier molecular flexibility index (Phi) is 3.22. The molecule has 1 aliphatic rings. The van der Waals surface area contributed by atoms with Gasteiger partial charge in [-0.1, -0.05) is 0 Å². The normalized spacial score (nSPS) is 22.1. The van der Waals surface area contributed by atoms with Gasteiger partial charge in [-0.3, -0.25) is 9.59 Å². The van der Waals surface area contributed by atoms with Crippen molar-refractivity contribution < 1.29 is 9.53 Å². The summed E-state index contributed by atoms with van der Waals surface area (Å²) in [7, 11) is 0. The zero-order valence-corrected chi connectivity index (χ0v) is 9.71. The molecule has 1 aliphatic heterocycles. The molecule has 0 saturated heterocycles. The Balaban J connectivity index is 1.94. The van der Waals surface area contributed by atoms with Gasteiger partial charge in [-0.25, -0.2) is 10.5 Å². The maximum atomic E-state index is 11.6. The third-order valence-electron chi connectivity index (χ3n) is 2.37. The van der Waals surface area contributed by atoms with E-state index in [1.165, 1.54) is 18.3 Å². The number of rotatable bonds is 3. The Morgan fingerprint density at radius 1 is 1.67 bits per heavy atom. The summed E-state index contributed by atoms with van der Waals surface area (Å²) in [5.41, 5.74) is 1.50. The van der Waals surface area contributed by atoms with Crippen LogP contribution in [0.15, 0.2) is 34.4 Å². The Morgan fingerprint density at radius 2 is 2.50 bits per heavy atom. The van der Waals surface area contributed by atoms with Gasteiger partial charge in [0.2, 0.25) is 0 Å². The molecular weight excluding hydrogens is 236 g/mol. The number of hydrogen-bond acceptors (Lipinski definition) is 5. The number of carbonyl (C=O) groups is 1. The zero-order valence-electron chi connectivity index (χ0n) is 9.71. The van der Waals surface area contributed by atoms with Crippen LogP contribution in [0.1, 0.15) is 23.8 Å². The fourth-order valence-electron chi connectivity index (χ4n) is 1.37. The van der Waals surface area contributed by atoms with Crippen LogP contribution in [0.25, 0.3) is 0 Å². The van der Waals surface area contributed by atoms with Crippen molar-refractivity contribution in [1.29, 1.82) is 0 Å². The van der Waals surface area contributed by atoms with Crippen molar-refractivity contribution in [3.63, 3.8) is 0 Å². The van der Waals surface area contributed by atoms with Crippen LogP contribution in [0.3, 0.4) is 0 Å². The van der Waals surface area contributed by atoms with Gasteiger partial charge in [0.25, 0.3) is 11.5 Å². The summed E-state index contributed by atoms with van der Waals surface area (Å²) in [5.74, 6) is -0.503. The number of ether oxygens (including phenoxy) is 1. The van der Waals surface area contributed by atoms with Gasteiger partial charge in [0.1, 0.15) is 5.60 Å². The Labute approximate surface area is 103 Å². The van der Waals surface area contributed by atoms with Crippen LogP contribution < -0.4 is 11.0 Å². The molecule has 0 saturated carbocycles. The van der Waals surface area contributed by atoms with E-state index in [2.05, 4.69) is 20.7 Å². The minimum atomic E-state index is -0.522. The van der Waals surface area contributed by atoms with E-state index in [0.717, 1.165) is 0 Å². The van der Waals surface area contributed by atoms with E-state index in [4.69, 9.17) is 4.74 Å². The number of hydrazone groups is 1. The molecule has 0 aliphatic carbocycles. The Morgan fingerprint density at radius 3 is 3.11 bits per heavy atom. The molecule has 2 rings (SSSR count). The molecule has 0 bridgehead atoms. The summed E-state index contributed by atoms with van der Waals surface area (Å²) < 4.78 is 5.30. The number of aromatic amines is 1. The maximum absolute atomic E-state index is 11.6. The van der Waals surface area contributed by atoms with Crippen LogP contribution in [0, 0.1) is 0 Å². The molecule has 0 spiro atoms. The highest BCUT2D eigenvalue weighted by Gasteiger charge is 2.24. The van der Waals surface area contributed by atoms with Gasteiger partial charge in [0.15, 0.2) is 5.69 Å². The number of nitrogens with zero attached hydrogens (tertiary/aromatic N) is 2. The molecule has 1 atom stereocenters. The average Bonchev–Trinajstić information content (AvgIpc) is 2.77. The van der Waals surface area contributed by atoms with E-state index in [0.29, 0.717) is 6.42 Å². The van der Waals surface area contributed by atoms with E-state index >= 15 is 0 Å². The van der Waals surface area contributed by atoms with Crippen molar-refractivity contribution in [1.82, 2.24) is 15.6 Å². The molecule has 0 radical (unpaired) electrons. The first-order valence-electron chi connectivity index (χ1n) is 5.32. The van der Waals surface area contributed by atoms with Crippen LogP contribution in [0.4, 0.5) is 0 Å². The number of amides is 1. The van der Waals surface area contributed by atoms with E-state index in [-0.39, 0.29) is 11.3 Å². The number of nitrogens with one attached hydrogen (secondary N) is 2. The van der Waals surface area contributed by atoms with E-state index in [9.17, 15) is 9.59 Å². The van der Waals surface area contributed by atoms with Crippen LogP contribution in [0.5, 0.6) is 0 Å². The largest absolute Gasteiger partial charge is 0.489 e. The first kappa shape index (κ1) is 12.0. The number of aromatic nitrogens is 2. The fourth-order valence-corrected chi connectivity index (χ4v) is 1.37. The van der Waals surface area contributed by atoms with Gasteiger partial charge in [-0.05, 0) is 19.1 Å². The predicted molar refractivity (Wildman–Crippen MR) is 64.1 cm³/mol. The van der Waals surface area contributed by atoms with Crippen molar-refractivity contribution in [3.05, 3.63) is 40.5 Å². The smallest absolute Gasteiger partial charge is 0.291 e. The molecule has 1 unspecified atom stereocenters. The molecule has 1 aromatic heterocycles. The van der Waals surface area contributed by atoms with Crippen LogP contribution in [0.2, 0.25) is 0 Å². The lowest BCUT2D eigenvalue weighted by molar-refractivity contribution is 0.0947. The van der Waals surface area contributed by atoms with Crippen LogP contribution >= 0.6 is 0 Å². The van der Waals surface area contributed by atoms with Crippen molar-refractivity contribution in [2.45, 2.75) is 18.9 Å². The average molecular weight is 248 g/mol. The summed E-state index contributed by atoms with van der Waals surface area (Å²) in [6.45, 7) is 1.85. The SMILES string of the molecule is CC1(/C=N/NC(=O)c2ccc(=O)[nH]n2)CC=CO1. The van der Waals surface area contributed by atoms with E-state index < -0.39 is 11.5 Å². The standard InChI is InChI=1S/C11H12N4O3/c1-11(5-2-6-18-11)7-12-15-10(17)8-3-4-9(16)14-13-8/h2-4,6-7H,5H2,1H3,(H,14,16)(H,15,17)/b12-7+. The fraction of sp³-hybridized carbons (Fsp3) is 0.273. The molecular formula is C11H12N4O3. The highest BCUT2D eigenvalue weighted by atomic mass is 16.5. The second-order valence-electron chi connectivity index (χ2n) is 4.01. The molecule has 94 valence electrons. The summed E-state index contributed by atoms with van der Waals surface area (Å²) in [5, 5.41) is 9.55. The third kappa shape index (κ3) is 2.82. The van der Waals surface area contributed by atoms with Gasteiger partial charge < -0.3 is 4.74 Å². The molecule has 2 N–H and O–H groups in total. The summed E-state index contributed by atoms with van der Waals surface area (Å²) in [4.78, 5) is 22.3. The molecule has 2 heterocycles. The molecule has 7 heteroatoms. The molecule has 0 fully saturated rings. The zero-order chi connectivity index (χ0) is 13.0. The molecule has 18 heavy (non-hydrogen) atoms. The first-order valence-corrected chi connectivity index (χ1v) is 5.32. The van der Waals surface area contributed by atoms with E-state index in [1.807, 2.05) is 13.0 Å². The third-order valence-corrected chi connectivity index (χ3v) is 2.37. The second kappa shape index (κ2) is 4.82. The molecule has 1 aromatic rings. The molecule has 0 aromatic carbocycles. The predicted octanol–water partition coefficient (Wildman–Crippen LogP) is 0.178. The lowest BCUT2D eigenvalue weighted by Crippen LogP contribution is -2.28. The van der Waals surface area contributed by atoms with Gasteiger partial charge in [0.05, 0.1) is 12.5 Å². The lowest BCUT2D eigenvalue weighted by Gasteiger charge is -2.17. The maximum Gasteiger partial charge on any atom is 0.291 e. The monoisotopic (exact) mass is 248 g/mol. The lowest BCUT2D eigenvalue weighted by atomic mass is 10.1. The van der Waals surface area contributed by atoms with Gasteiger partial charge in [-0.2, -0.15) is 10.2 Å². The molecule has 1 amide bonds. The van der Waals surface area contributed by atoms with Crippen molar-refractivity contribution >= 4 is 12.1 Å². The quantitative estimate of drug-likeness (QED) is 0.589. The van der Waals surface area contributed by atoms with E-state index in [1.54, 1.807) is 6.26 Å². The Hall–Kier alpha value is -2.44. The topological polar surface area (TPSA) is 96.4 Å². The Bertz CT molecular complexity index is 533. The summed E-state index contributed by atoms with van der Waals surface area (Å²) >= 11 is 0. The number of H-pyrrole nitrogens is 1. The van der Waals surface area contributed by atoms with Gasteiger partial charge in [-0.15, -0.1) is 0 Å².